The fourth-order valence-electron chi connectivity index (χ4n) is 6.29. The Labute approximate surface area is 82.3 Å². The van der Waals surface area contributed by atoms with Crippen LogP contribution >= 0.6 is 10.9 Å². The summed E-state index contributed by atoms with van der Waals surface area (Å²) in [6, 6.07) is 0. The molecule has 68 valence electrons. The Hall–Kier alpha value is -0.0400. The fraction of sp³-hybridized carbons (Fsp3) is 0.833. The van der Waals surface area contributed by atoms with Gasteiger partial charge in [0, 0.05) is 0 Å². The van der Waals surface area contributed by atoms with Crippen LogP contribution in [0.4, 0.5) is 0 Å². The van der Waals surface area contributed by atoms with Crippen LogP contribution in [-0.2, 0) is 0 Å². The lowest BCUT2D eigenvalue weighted by Crippen LogP contribution is -2.43. The van der Waals surface area contributed by atoms with Crippen LogP contribution in [0.15, 0.2) is 0 Å². The van der Waals surface area contributed by atoms with Crippen molar-refractivity contribution in [2.24, 2.45) is 47.3 Å². The van der Waals surface area contributed by atoms with Crippen molar-refractivity contribution >= 4 is 21.7 Å². The molecule has 2 bridgehead atoms. The van der Waals surface area contributed by atoms with E-state index in [1.807, 2.05) is 15.8 Å². The highest BCUT2D eigenvalue weighted by Crippen LogP contribution is 2.82. The van der Waals surface area contributed by atoms with Gasteiger partial charge in [-0.25, -0.2) is 0 Å². The second kappa shape index (κ2) is 1.60. The van der Waals surface area contributed by atoms with Crippen LogP contribution in [0.25, 0.3) is 0 Å². The molecule has 0 spiro atoms. The van der Waals surface area contributed by atoms with Crippen LogP contribution in [0.5, 0.6) is 0 Å². The second-order valence-corrected chi connectivity index (χ2v) is 6.64. The highest BCUT2D eigenvalue weighted by molar-refractivity contribution is 7.96. The average Bonchev–Trinajstić information content (AvgIpc) is 2.61. The van der Waals surface area contributed by atoms with E-state index >= 15 is 0 Å². The van der Waals surface area contributed by atoms with Gasteiger partial charge in [0.15, 0.2) is 0 Å². The van der Waals surface area contributed by atoms with Crippen molar-refractivity contribution in [1.82, 2.24) is 0 Å². The van der Waals surface area contributed by atoms with Crippen LogP contribution in [0.3, 0.4) is 0 Å². The highest BCUT2D eigenvalue weighted by Gasteiger charge is 2.79. The molecule has 8 unspecified atom stereocenters. The van der Waals surface area contributed by atoms with Crippen LogP contribution in [0.1, 0.15) is 12.8 Å². The Bertz CT molecular complexity index is 373. The standard InChI is InChI=1S/C12H14S/c1-13-12-9-5-3-6-8-4(5)2-7(9)10(8)11(6)12/h4-11H,1-3H2. The predicted molar refractivity (Wildman–Crippen MR) is 56.9 cm³/mol. The molecule has 8 atom stereocenters. The van der Waals surface area contributed by atoms with Gasteiger partial charge in [0.1, 0.15) is 0 Å². The van der Waals surface area contributed by atoms with Crippen molar-refractivity contribution in [3.63, 3.8) is 0 Å². The molecule has 5 saturated carbocycles. The second-order valence-electron chi connectivity index (χ2n) is 5.88. The molecule has 5 fully saturated rings. The van der Waals surface area contributed by atoms with Crippen molar-refractivity contribution in [2.45, 2.75) is 12.8 Å². The van der Waals surface area contributed by atoms with E-state index in [1.54, 1.807) is 12.8 Å². The minimum Gasteiger partial charge on any atom is -0.161 e. The van der Waals surface area contributed by atoms with Crippen LogP contribution < -0.4 is 0 Å². The Morgan fingerprint density at radius 1 is 0.923 bits per heavy atom. The molecule has 0 nitrogen and oxygen atoms in total. The van der Waals surface area contributed by atoms with E-state index in [4.69, 9.17) is 0 Å². The van der Waals surface area contributed by atoms with Crippen molar-refractivity contribution < 1.29 is 0 Å². The van der Waals surface area contributed by atoms with Gasteiger partial charge in [0.05, 0.1) is 0 Å². The fourth-order valence-corrected chi connectivity index (χ4v) is 7.36. The van der Waals surface area contributed by atoms with Crippen molar-refractivity contribution in [3.8, 4) is 0 Å². The molecule has 0 aromatic rings. The summed E-state index contributed by atoms with van der Waals surface area (Å²) in [6.45, 7) is 0. The first-order valence-electron chi connectivity index (χ1n) is 5.70. The van der Waals surface area contributed by atoms with E-state index < -0.39 is 0 Å². The zero-order valence-corrected chi connectivity index (χ0v) is 8.46. The molecule has 0 aromatic carbocycles. The van der Waals surface area contributed by atoms with Gasteiger partial charge in [0.25, 0.3) is 0 Å². The summed E-state index contributed by atoms with van der Waals surface area (Å²) in [5.74, 6) is 13.2. The highest BCUT2D eigenvalue weighted by atomic mass is 32.1. The van der Waals surface area contributed by atoms with E-state index in [2.05, 4.69) is 5.87 Å². The summed E-state index contributed by atoms with van der Waals surface area (Å²) >= 11 is 0. The zero-order chi connectivity index (χ0) is 8.32. The largest absolute Gasteiger partial charge is 0.161 e. The van der Waals surface area contributed by atoms with Gasteiger partial charge in [-0.15, -0.1) is 0 Å². The summed E-state index contributed by atoms with van der Waals surface area (Å²) in [5.41, 5.74) is 0. The Morgan fingerprint density at radius 3 is 2.54 bits per heavy atom. The first kappa shape index (κ1) is 6.44. The third-order valence-electron chi connectivity index (χ3n) is 6.19. The Balaban J connectivity index is 1.89. The van der Waals surface area contributed by atoms with E-state index in [9.17, 15) is 0 Å². The summed E-state index contributed by atoms with van der Waals surface area (Å²) in [6.07, 6.45) is 3.23. The average molecular weight is 190 g/mol. The number of rotatable bonds is 0. The molecule has 0 N–H and O–H groups in total. The van der Waals surface area contributed by atoms with E-state index in [0.717, 1.165) is 29.6 Å². The van der Waals surface area contributed by atoms with Gasteiger partial charge in [-0.2, -0.15) is 10.9 Å². The molecule has 0 amide bonds. The van der Waals surface area contributed by atoms with E-state index in [0.29, 0.717) is 0 Å². The Kier molecular flexibility index (Phi) is 0.793. The minimum atomic E-state index is 1.05. The molecule has 5 aliphatic carbocycles. The van der Waals surface area contributed by atoms with Crippen LogP contribution in [-0.4, -0.2) is 10.7 Å². The predicted octanol–water partition coefficient (Wildman–Crippen LogP) is 2.10. The topological polar surface area (TPSA) is 0 Å². The molecule has 5 rings (SSSR count). The molecule has 0 saturated heterocycles. The maximum absolute atomic E-state index is 4.09. The molecule has 13 heavy (non-hydrogen) atoms. The van der Waals surface area contributed by atoms with E-state index in [-0.39, 0.29) is 0 Å². The molecule has 0 aliphatic heterocycles. The van der Waals surface area contributed by atoms with Crippen molar-refractivity contribution in [1.29, 1.82) is 0 Å². The summed E-state index contributed by atoms with van der Waals surface area (Å²) in [5, 5.41) is 0. The number of fused-ring (bicyclic) bond motifs is 2. The smallest absolute Gasteiger partial charge is 0.00383 e. The van der Waals surface area contributed by atoms with Gasteiger partial charge in [-0.3, -0.25) is 0 Å². The summed E-state index contributed by atoms with van der Waals surface area (Å²) in [4.78, 5) is 1.85. The summed E-state index contributed by atoms with van der Waals surface area (Å²) < 4.78 is 0. The summed E-state index contributed by atoms with van der Waals surface area (Å²) in [7, 11) is 1.89. The van der Waals surface area contributed by atoms with Gasteiger partial charge in [-0.05, 0) is 70.9 Å². The quantitative estimate of drug-likeness (QED) is 0.513. The molecular weight excluding hydrogens is 176 g/mol. The number of hydrogen-bond acceptors (Lipinski definition) is 0. The Morgan fingerprint density at radius 2 is 1.69 bits per heavy atom. The third kappa shape index (κ3) is 0.407. The third-order valence-corrected chi connectivity index (χ3v) is 7.07. The van der Waals surface area contributed by atoms with Gasteiger partial charge < -0.3 is 0 Å². The van der Waals surface area contributed by atoms with Crippen LogP contribution in [0.2, 0.25) is 0 Å². The molecule has 0 radical (unpaired) electrons. The zero-order valence-electron chi connectivity index (χ0n) is 7.65. The van der Waals surface area contributed by atoms with Crippen LogP contribution in [0, 0.1) is 47.3 Å². The van der Waals surface area contributed by atoms with Crippen molar-refractivity contribution in [3.05, 3.63) is 0 Å². The molecule has 0 heterocycles. The van der Waals surface area contributed by atoms with Crippen molar-refractivity contribution in [2.75, 3.05) is 0 Å². The first-order chi connectivity index (χ1) is 6.42. The van der Waals surface area contributed by atoms with E-state index in [1.165, 1.54) is 17.8 Å². The normalized spacial score (nSPS) is 73.7. The maximum Gasteiger partial charge on any atom is -0.00383 e. The number of hydrogen-bond donors (Lipinski definition) is 0. The SMILES string of the molecule is C=S=C1C2C3CC4C1C1C2CC3C41. The molecule has 0 aromatic heterocycles. The lowest BCUT2D eigenvalue weighted by atomic mass is 9.60. The van der Waals surface area contributed by atoms with Gasteiger partial charge >= 0.3 is 0 Å². The molecule has 1 heteroatoms. The lowest BCUT2D eigenvalue weighted by molar-refractivity contribution is 0.0510. The van der Waals surface area contributed by atoms with Gasteiger partial charge in [-0.1, -0.05) is 0 Å². The lowest BCUT2D eigenvalue weighted by Gasteiger charge is -2.45. The first-order valence-corrected chi connectivity index (χ1v) is 6.69. The minimum absolute atomic E-state index is 1.05. The molecule has 5 aliphatic rings. The maximum atomic E-state index is 4.09. The van der Waals surface area contributed by atoms with Gasteiger partial charge in [0.2, 0.25) is 0 Å². The molecular formula is C12H14S. The monoisotopic (exact) mass is 190 g/mol.